The first-order valence-corrected chi connectivity index (χ1v) is 6.53. The summed E-state index contributed by atoms with van der Waals surface area (Å²) in [6.45, 7) is 2.98. The fourth-order valence-electron chi connectivity index (χ4n) is 2.59. The summed E-state index contributed by atoms with van der Waals surface area (Å²) in [7, 11) is 0. The maximum absolute atomic E-state index is 12.4. The molecule has 1 aliphatic rings. The van der Waals surface area contributed by atoms with Gasteiger partial charge in [0, 0.05) is 18.8 Å². The summed E-state index contributed by atoms with van der Waals surface area (Å²) >= 11 is 0. The molecule has 0 saturated carbocycles. The van der Waals surface area contributed by atoms with Crippen molar-refractivity contribution in [3.05, 3.63) is 17.5 Å². The Morgan fingerprint density at radius 2 is 2.20 bits per heavy atom. The number of rotatable bonds is 4. The normalized spacial score (nSPS) is 20.7. The molecule has 1 aliphatic heterocycles. The second-order valence-corrected chi connectivity index (χ2v) is 5.10. The van der Waals surface area contributed by atoms with Crippen LogP contribution >= 0.6 is 12.4 Å². The molecule has 0 radical (unpaired) electrons. The van der Waals surface area contributed by atoms with Crippen LogP contribution in [0.15, 0.2) is 6.07 Å². The molecule has 0 bridgehead atoms. The number of alkyl halides is 3. The molecule has 20 heavy (non-hydrogen) atoms. The first kappa shape index (κ1) is 17.3. The lowest BCUT2D eigenvalue weighted by Gasteiger charge is -2.32. The van der Waals surface area contributed by atoms with Crippen LogP contribution in [0.5, 0.6) is 0 Å². The molecule has 1 fully saturated rings. The van der Waals surface area contributed by atoms with Gasteiger partial charge in [0.2, 0.25) is 0 Å². The van der Waals surface area contributed by atoms with Gasteiger partial charge in [0.05, 0.1) is 0 Å². The molecule has 2 heterocycles. The lowest BCUT2D eigenvalue weighted by atomic mass is 9.95. The Morgan fingerprint density at radius 3 is 2.80 bits per heavy atom. The number of nitrogens with one attached hydrogen (secondary N) is 1. The second-order valence-electron chi connectivity index (χ2n) is 5.10. The molecule has 0 aromatic carbocycles. The Morgan fingerprint density at radius 1 is 1.45 bits per heavy atom. The molecule has 1 aromatic heterocycles. The van der Waals surface area contributed by atoms with E-state index in [-0.39, 0.29) is 12.4 Å². The predicted octanol–water partition coefficient (Wildman–Crippen LogP) is 2.41. The number of aromatic amines is 1. The predicted molar refractivity (Wildman–Crippen MR) is 72.5 cm³/mol. The maximum Gasteiger partial charge on any atom is 0.435 e. The van der Waals surface area contributed by atoms with E-state index in [1.165, 1.54) is 0 Å². The van der Waals surface area contributed by atoms with Gasteiger partial charge in [0.25, 0.3) is 0 Å². The molecule has 0 aliphatic carbocycles. The lowest BCUT2D eigenvalue weighted by Crippen LogP contribution is -2.35. The summed E-state index contributed by atoms with van der Waals surface area (Å²) in [6, 6.07) is 1.09. The van der Waals surface area contributed by atoms with Gasteiger partial charge in [-0.15, -0.1) is 12.4 Å². The van der Waals surface area contributed by atoms with Gasteiger partial charge in [0.15, 0.2) is 5.69 Å². The van der Waals surface area contributed by atoms with Crippen LogP contribution in [0.2, 0.25) is 0 Å². The summed E-state index contributed by atoms with van der Waals surface area (Å²) < 4.78 is 37.3. The molecule has 3 N–H and O–H groups in total. The molecule has 1 atom stereocenters. The van der Waals surface area contributed by atoms with Gasteiger partial charge in [-0.3, -0.25) is 10.00 Å². The first-order valence-electron chi connectivity index (χ1n) is 6.53. The van der Waals surface area contributed by atoms with Crippen molar-refractivity contribution in [2.75, 3.05) is 19.6 Å². The van der Waals surface area contributed by atoms with E-state index < -0.39 is 11.9 Å². The first-order chi connectivity index (χ1) is 8.99. The van der Waals surface area contributed by atoms with Crippen LogP contribution in [0.3, 0.4) is 0 Å². The SMILES string of the molecule is Cl.NCCC1CCCN(Cc2cc(C(F)(F)F)n[nH]2)C1. The van der Waals surface area contributed by atoms with Crippen LogP contribution in [0, 0.1) is 5.92 Å². The number of piperidine rings is 1. The van der Waals surface area contributed by atoms with Crippen LogP contribution in [0.4, 0.5) is 13.2 Å². The monoisotopic (exact) mass is 312 g/mol. The Kier molecular flexibility index (Phi) is 6.29. The van der Waals surface area contributed by atoms with Crippen molar-refractivity contribution >= 4 is 12.4 Å². The van der Waals surface area contributed by atoms with Gasteiger partial charge >= 0.3 is 6.18 Å². The van der Waals surface area contributed by atoms with Crippen LogP contribution in [0.25, 0.3) is 0 Å². The fraction of sp³-hybridized carbons (Fsp3) is 0.750. The largest absolute Gasteiger partial charge is 0.435 e. The zero-order valence-corrected chi connectivity index (χ0v) is 11.9. The average Bonchev–Trinajstić information content (AvgIpc) is 2.78. The Bertz CT molecular complexity index is 406. The molecule has 0 amide bonds. The van der Waals surface area contributed by atoms with Crippen molar-refractivity contribution in [2.24, 2.45) is 11.7 Å². The molecule has 1 saturated heterocycles. The third kappa shape index (κ3) is 4.64. The molecule has 0 spiro atoms. The van der Waals surface area contributed by atoms with Gasteiger partial charge in [-0.1, -0.05) is 0 Å². The minimum Gasteiger partial charge on any atom is -0.330 e. The Balaban J connectivity index is 0.00000200. The van der Waals surface area contributed by atoms with E-state index in [0.29, 0.717) is 24.7 Å². The van der Waals surface area contributed by atoms with Crippen LogP contribution in [-0.4, -0.2) is 34.7 Å². The van der Waals surface area contributed by atoms with Crippen LogP contribution in [0.1, 0.15) is 30.7 Å². The number of aromatic nitrogens is 2. The zero-order valence-electron chi connectivity index (χ0n) is 11.1. The summed E-state index contributed by atoms with van der Waals surface area (Å²) in [5.41, 5.74) is 5.21. The van der Waals surface area contributed by atoms with Gasteiger partial charge in [-0.2, -0.15) is 18.3 Å². The molecule has 4 nitrogen and oxygen atoms in total. The van der Waals surface area contributed by atoms with E-state index in [1.807, 2.05) is 0 Å². The fourth-order valence-corrected chi connectivity index (χ4v) is 2.59. The highest BCUT2D eigenvalue weighted by Crippen LogP contribution is 2.28. The third-order valence-corrected chi connectivity index (χ3v) is 3.49. The molecule has 116 valence electrons. The number of likely N-dealkylation sites (tertiary alicyclic amines) is 1. The average molecular weight is 313 g/mol. The zero-order chi connectivity index (χ0) is 13.9. The van der Waals surface area contributed by atoms with Gasteiger partial charge < -0.3 is 5.73 Å². The van der Waals surface area contributed by atoms with Gasteiger partial charge in [-0.05, 0) is 44.3 Å². The standard InChI is InChI=1S/C12H19F3N4.ClH/c13-12(14,15)11-6-10(17-18-11)8-19-5-1-2-9(7-19)3-4-16;/h6,9H,1-5,7-8,16H2,(H,17,18);1H. The van der Waals surface area contributed by atoms with Crippen LogP contribution < -0.4 is 5.73 Å². The number of nitrogens with zero attached hydrogens (tertiary/aromatic N) is 2. The van der Waals surface area contributed by atoms with E-state index in [0.717, 1.165) is 38.4 Å². The second kappa shape index (κ2) is 7.28. The van der Waals surface area contributed by atoms with Crippen molar-refractivity contribution < 1.29 is 13.2 Å². The summed E-state index contributed by atoms with van der Waals surface area (Å²) in [4.78, 5) is 2.16. The van der Waals surface area contributed by atoms with Crippen LogP contribution in [-0.2, 0) is 12.7 Å². The minimum atomic E-state index is -4.38. The van der Waals surface area contributed by atoms with E-state index in [9.17, 15) is 13.2 Å². The van der Waals surface area contributed by atoms with E-state index in [4.69, 9.17) is 5.73 Å². The number of halogens is 4. The van der Waals surface area contributed by atoms with E-state index in [1.54, 1.807) is 0 Å². The van der Waals surface area contributed by atoms with Crippen molar-refractivity contribution in [3.8, 4) is 0 Å². The summed E-state index contributed by atoms with van der Waals surface area (Å²) in [5, 5.41) is 5.78. The van der Waals surface area contributed by atoms with Gasteiger partial charge in [0.1, 0.15) is 0 Å². The minimum absolute atomic E-state index is 0. The molecular weight excluding hydrogens is 293 g/mol. The highest BCUT2D eigenvalue weighted by molar-refractivity contribution is 5.85. The van der Waals surface area contributed by atoms with Crippen molar-refractivity contribution in [2.45, 2.75) is 32.0 Å². The van der Waals surface area contributed by atoms with Crippen molar-refractivity contribution in [1.29, 1.82) is 0 Å². The highest BCUT2D eigenvalue weighted by Gasteiger charge is 2.34. The Hall–Kier alpha value is -0.790. The summed E-state index contributed by atoms with van der Waals surface area (Å²) in [5.74, 6) is 0.559. The molecular formula is C12H20ClF3N4. The van der Waals surface area contributed by atoms with E-state index in [2.05, 4.69) is 15.1 Å². The molecule has 2 rings (SSSR count). The summed E-state index contributed by atoms with van der Waals surface area (Å²) in [6.07, 6.45) is -1.17. The van der Waals surface area contributed by atoms with Gasteiger partial charge in [-0.25, -0.2) is 0 Å². The smallest absolute Gasteiger partial charge is 0.330 e. The highest BCUT2D eigenvalue weighted by atomic mass is 35.5. The third-order valence-electron chi connectivity index (χ3n) is 3.49. The topological polar surface area (TPSA) is 57.9 Å². The molecule has 8 heteroatoms. The molecule has 1 unspecified atom stereocenters. The maximum atomic E-state index is 12.4. The van der Waals surface area contributed by atoms with Crippen molar-refractivity contribution in [1.82, 2.24) is 15.1 Å². The Labute approximate surface area is 122 Å². The number of H-pyrrole nitrogens is 1. The quantitative estimate of drug-likeness (QED) is 0.897. The number of nitrogens with two attached hydrogens (primary N) is 1. The van der Waals surface area contributed by atoms with E-state index >= 15 is 0 Å². The lowest BCUT2D eigenvalue weighted by molar-refractivity contribution is -0.141. The molecule has 1 aromatic rings. The number of hydrogen-bond acceptors (Lipinski definition) is 3. The van der Waals surface area contributed by atoms with Crippen molar-refractivity contribution in [3.63, 3.8) is 0 Å². The number of hydrogen-bond donors (Lipinski definition) is 2.